The molecule has 21 heavy (non-hydrogen) atoms. The molecule has 1 atom stereocenters. The number of hydrogen-bond acceptors (Lipinski definition) is 2. The van der Waals surface area contributed by atoms with E-state index < -0.39 is 0 Å². The summed E-state index contributed by atoms with van der Waals surface area (Å²) in [4.78, 5) is 0. The Balaban J connectivity index is 1.92. The monoisotopic (exact) mass is 288 g/mol. The van der Waals surface area contributed by atoms with Gasteiger partial charge in [0.1, 0.15) is 0 Å². The van der Waals surface area contributed by atoms with Gasteiger partial charge in [-0.25, -0.2) is 0 Å². The molecular weight excluding hydrogens is 260 g/mol. The minimum Gasteiger partial charge on any atom is -0.393 e. The Morgan fingerprint density at radius 3 is 2.29 bits per heavy atom. The molecule has 2 N–H and O–H groups in total. The first kappa shape index (κ1) is 16.3. The van der Waals surface area contributed by atoms with Crippen LogP contribution < -0.4 is 0 Å². The average molecular weight is 288 g/mol. The number of aliphatic hydroxyl groups is 2. The fraction of sp³-hybridized carbons (Fsp3) is 0.579. The van der Waals surface area contributed by atoms with Crippen molar-refractivity contribution in [1.29, 1.82) is 0 Å². The number of hydrogen-bond donors (Lipinski definition) is 2. The van der Waals surface area contributed by atoms with E-state index in [0.29, 0.717) is 5.92 Å². The third-order valence-corrected chi connectivity index (χ3v) is 4.70. The molecule has 0 heterocycles. The van der Waals surface area contributed by atoms with E-state index in [1.165, 1.54) is 16.7 Å². The number of rotatable bonds is 5. The zero-order valence-corrected chi connectivity index (χ0v) is 13.3. The lowest BCUT2D eigenvalue weighted by atomic mass is 9.81. The van der Waals surface area contributed by atoms with Crippen molar-refractivity contribution >= 4 is 5.57 Å². The third-order valence-electron chi connectivity index (χ3n) is 4.70. The third kappa shape index (κ3) is 4.69. The van der Waals surface area contributed by atoms with Gasteiger partial charge in [0.25, 0.3) is 0 Å². The second kappa shape index (κ2) is 7.77. The van der Waals surface area contributed by atoms with Crippen LogP contribution in [-0.2, 0) is 0 Å². The minimum absolute atomic E-state index is 0.147. The van der Waals surface area contributed by atoms with Crippen LogP contribution >= 0.6 is 0 Å². The Morgan fingerprint density at radius 1 is 1.10 bits per heavy atom. The van der Waals surface area contributed by atoms with E-state index in [1.54, 1.807) is 0 Å². The fourth-order valence-corrected chi connectivity index (χ4v) is 3.34. The lowest BCUT2D eigenvalue weighted by molar-refractivity contribution is 0.0386. The highest BCUT2D eigenvalue weighted by molar-refractivity contribution is 5.67. The van der Waals surface area contributed by atoms with Gasteiger partial charge in [-0.1, -0.05) is 35.9 Å². The first-order chi connectivity index (χ1) is 10.1. The van der Waals surface area contributed by atoms with Crippen LogP contribution in [0, 0.1) is 5.92 Å². The predicted molar refractivity (Wildman–Crippen MR) is 87.9 cm³/mol. The fourth-order valence-electron chi connectivity index (χ4n) is 3.34. The van der Waals surface area contributed by atoms with Crippen molar-refractivity contribution in [3.63, 3.8) is 0 Å². The molecule has 2 rings (SSSR count). The molecule has 0 bridgehead atoms. The topological polar surface area (TPSA) is 40.5 Å². The van der Waals surface area contributed by atoms with Crippen LogP contribution in [0.2, 0.25) is 0 Å². The standard InChI is InChI=1S/C19H28O2/c1-14(2)18(15-6-4-3-5-7-15)12-13-19(21)16-8-10-17(20)11-9-16/h3-7,16-17,19-21H,8-13H2,1-2H3. The van der Waals surface area contributed by atoms with Gasteiger partial charge in [0.2, 0.25) is 0 Å². The summed E-state index contributed by atoms with van der Waals surface area (Å²) < 4.78 is 0. The van der Waals surface area contributed by atoms with Crippen molar-refractivity contribution in [2.75, 3.05) is 0 Å². The largest absolute Gasteiger partial charge is 0.393 e. The Kier molecular flexibility index (Phi) is 6.01. The first-order valence-electron chi connectivity index (χ1n) is 8.16. The summed E-state index contributed by atoms with van der Waals surface area (Å²) in [5, 5.41) is 20.0. The molecule has 0 aromatic heterocycles. The normalized spacial score (nSPS) is 23.6. The molecule has 1 aromatic rings. The molecule has 0 saturated heterocycles. The summed E-state index contributed by atoms with van der Waals surface area (Å²) in [5.41, 5.74) is 3.95. The molecule has 2 nitrogen and oxygen atoms in total. The lowest BCUT2D eigenvalue weighted by Crippen LogP contribution is -2.27. The molecule has 1 saturated carbocycles. The zero-order valence-electron chi connectivity index (χ0n) is 13.3. The zero-order chi connectivity index (χ0) is 15.2. The second-order valence-electron chi connectivity index (χ2n) is 6.52. The van der Waals surface area contributed by atoms with Crippen molar-refractivity contribution in [1.82, 2.24) is 0 Å². The molecule has 116 valence electrons. The van der Waals surface area contributed by atoms with Gasteiger partial charge in [-0.15, -0.1) is 0 Å². The summed E-state index contributed by atoms with van der Waals surface area (Å²) in [5.74, 6) is 0.364. The second-order valence-corrected chi connectivity index (χ2v) is 6.52. The van der Waals surface area contributed by atoms with E-state index in [1.807, 2.05) is 6.07 Å². The van der Waals surface area contributed by atoms with Crippen LogP contribution in [0.25, 0.3) is 5.57 Å². The Hall–Kier alpha value is -1.12. The van der Waals surface area contributed by atoms with Crippen LogP contribution in [0.3, 0.4) is 0 Å². The summed E-state index contributed by atoms with van der Waals surface area (Å²) >= 11 is 0. The Morgan fingerprint density at radius 2 is 1.71 bits per heavy atom. The van der Waals surface area contributed by atoms with Gasteiger partial charge in [-0.2, -0.15) is 0 Å². The summed E-state index contributed by atoms with van der Waals surface area (Å²) in [6.07, 6.45) is 4.95. The quantitative estimate of drug-likeness (QED) is 0.853. The van der Waals surface area contributed by atoms with Crippen molar-refractivity contribution in [3.8, 4) is 0 Å². The number of allylic oxidation sites excluding steroid dienone is 2. The van der Waals surface area contributed by atoms with Crippen LogP contribution in [0.4, 0.5) is 0 Å². The molecule has 0 spiro atoms. The Bertz CT molecular complexity index is 452. The lowest BCUT2D eigenvalue weighted by Gasteiger charge is -2.29. The van der Waals surface area contributed by atoms with Crippen molar-refractivity contribution in [2.45, 2.75) is 64.6 Å². The maximum atomic E-state index is 10.4. The van der Waals surface area contributed by atoms with Gasteiger partial charge in [-0.3, -0.25) is 0 Å². The van der Waals surface area contributed by atoms with Crippen molar-refractivity contribution in [2.24, 2.45) is 5.92 Å². The van der Waals surface area contributed by atoms with Gasteiger partial charge < -0.3 is 10.2 Å². The van der Waals surface area contributed by atoms with Gasteiger partial charge in [0.05, 0.1) is 12.2 Å². The molecule has 1 aromatic carbocycles. The van der Waals surface area contributed by atoms with Gasteiger partial charge >= 0.3 is 0 Å². The predicted octanol–water partition coefficient (Wildman–Crippen LogP) is 4.17. The number of aliphatic hydroxyl groups excluding tert-OH is 2. The smallest absolute Gasteiger partial charge is 0.0571 e. The maximum Gasteiger partial charge on any atom is 0.0571 e. The van der Waals surface area contributed by atoms with Crippen molar-refractivity contribution in [3.05, 3.63) is 41.5 Å². The van der Waals surface area contributed by atoms with Gasteiger partial charge in [0.15, 0.2) is 0 Å². The van der Waals surface area contributed by atoms with E-state index in [2.05, 4.69) is 38.1 Å². The van der Waals surface area contributed by atoms with E-state index >= 15 is 0 Å². The highest BCUT2D eigenvalue weighted by atomic mass is 16.3. The van der Waals surface area contributed by atoms with Crippen molar-refractivity contribution < 1.29 is 10.2 Å². The van der Waals surface area contributed by atoms with E-state index in [-0.39, 0.29) is 12.2 Å². The molecule has 0 aliphatic heterocycles. The number of benzene rings is 1. The molecule has 2 heteroatoms. The minimum atomic E-state index is -0.240. The van der Waals surface area contributed by atoms with Crippen LogP contribution in [-0.4, -0.2) is 22.4 Å². The molecule has 1 aliphatic carbocycles. The Labute approximate surface area is 128 Å². The van der Waals surface area contributed by atoms with Crippen LogP contribution in [0.15, 0.2) is 35.9 Å². The SMILES string of the molecule is CC(C)=C(CCC(O)C1CCC(O)CC1)c1ccccc1. The van der Waals surface area contributed by atoms with E-state index in [4.69, 9.17) is 0 Å². The van der Waals surface area contributed by atoms with Gasteiger partial charge in [0, 0.05) is 0 Å². The molecule has 1 unspecified atom stereocenters. The molecule has 0 amide bonds. The summed E-state index contributed by atoms with van der Waals surface area (Å²) in [7, 11) is 0. The molecule has 1 fully saturated rings. The average Bonchev–Trinajstić information content (AvgIpc) is 2.48. The van der Waals surface area contributed by atoms with Gasteiger partial charge in [-0.05, 0) is 69.4 Å². The first-order valence-corrected chi connectivity index (χ1v) is 8.16. The highest BCUT2D eigenvalue weighted by Gasteiger charge is 2.25. The highest BCUT2D eigenvalue weighted by Crippen LogP contribution is 2.31. The summed E-state index contributed by atoms with van der Waals surface area (Å²) in [6, 6.07) is 10.5. The molecule has 0 radical (unpaired) electrons. The van der Waals surface area contributed by atoms with E-state index in [9.17, 15) is 10.2 Å². The maximum absolute atomic E-state index is 10.4. The molecular formula is C19H28O2. The summed E-state index contributed by atoms with van der Waals surface area (Å²) in [6.45, 7) is 4.29. The molecule has 1 aliphatic rings. The van der Waals surface area contributed by atoms with E-state index in [0.717, 1.165) is 38.5 Å². The van der Waals surface area contributed by atoms with Crippen LogP contribution in [0.1, 0.15) is 57.9 Å². The van der Waals surface area contributed by atoms with Crippen LogP contribution in [0.5, 0.6) is 0 Å².